The quantitative estimate of drug-likeness (QED) is 0.696. The number of carbonyl (C=O) groups excluding carboxylic acids is 1. The van der Waals surface area contributed by atoms with Crippen molar-refractivity contribution in [1.29, 1.82) is 5.26 Å². The lowest BCUT2D eigenvalue weighted by atomic mass is 9.50. The molecule has 0 aliphatic heterocycles. The fourth-order valence-electron chi connectivity index (χ4n) is 7.28. The van der Waals surface area contributed by atoms with Crippen molar-refractivity contribution in [3.05, 3.63) is 22.8 Å². The van der Waals surface area contributed by atoms with Crippen molar-refractivity contribution in [3.8, 4) is 6.07 Å². The lowest BCUT2D eigenvalue weighted by Crippen LogP contribution is -2.45. The van der Waals surface area contributed by atoms with Crippen molar-refractivity contribution in [2.75, 3.05) is 0 Å². The minimum absolute atomic E-state index is 0.0310. The van der Waals surface area contributed by atoms with Crippen LogP contribution in [-0.2, 0) is 9.59 Å². The van der Waals surface area contributed by atoms with Gasteiger partial charge in [-0.25, -0.2) is 0 Å². The van der Waals surface area contributed by atoms with Crippen molar-refractivity contribution < 1.29 is 14.7 Å². The summed E-state index contributed by atoms with van der Waals surface area (Å²) in [7, 11) is 0. The zero-order valence-corrected chi connectivity index (χ0v) is 16.9. The third kappa shape index (κ3) is 2.95. The van der Waals surface area contributed by atoms with Crippen LogP contribution in [0.2, 0.25) is 0 Å². The minimum Gasteiger partial charge on any atom is -0.481 e. The summed E-state index contributed by atoms with van der Waals surface area (Å²) in [6, 6.07) is 2.46. The van der Waals surface area contributed by atoms with Crippen molar-refractivity contribution >= 4 is 11.8 Å². The topological polar surface area (TPSA) is 78.2 Å². The third-order valence-electron chi connectivity index (χ3n) is 8.73. The first-order chi connectivity index (χ1) is 13.4. The number of carboxylic acids is 1. The van der Waals surface area contributed by atoms with E-state index >= 15 is 0 Å². The molecule has 4 heteroatoms. The van der Waals surface area contributed by atoms with Gasteiger partial charge in [0.1, 0.15) is 0 Å². The molecule has 150 valence electrons. The first-order valence-corrected chi connectivity index (χ1v) is 10.9. The first-order valence-electron chi connectivity index (χ1n) is 10.9. The molecule has 28 heavy (non-hydrogen) atoms. The number of fused-ring (bicyclic) bond motifs is 4. The van der Waals surface area contributed by atoms with Gasteiger partial charge in [-0.1, -0.05) is 12.5 Å². The molecule has 0 aromatic heterocycles. The van der Waals surface area contributed by atoms with Crippen LogP contribution in [0.4, 0.5) is 0 Å². The smallest absolute Gasteiger partial charge is 0.303 e. The van der Waals surface area contributed by atoms with E-state index in [0.29, 0.717) is 31.1 Å². The van der Waals surface area contributed by atoms with Gasteiger partial charge in [-0.05, 0) is 97.7 Å². The maximum Gasteiger partial charge on any atom is 0.303 e. The Hall–Kier alpha value is -1.89. The number of aliphatic carboxylic acids is 1. The molecule has 4 aliphatic carbocycles. The van der Waals surface area contributed by atoms with Crippen LogP contribution in [0.5, 0.6) is 0 Å². The van der Waals surface area contributed by atoms with Crippen molar-refractivity contribution in [2.45, 2.75) is 84.0 Å². The van der Waals surface area contributed by atoms with E-state index in [1.165, 1.54) is 11.1 Å². The molecule has 0 radical (unpaired) electrons. The molecule has 2 fully saturated rings. The van der Waals surface area contributed by atoms with Crippen molar-refractivity contribution in [2.24, 2.45) is 22.7 Å². The number of carbonyl (C=O) groups is 2. The Bertz CT molecular complexity index is 801. The van der Waals surface area contributed by atoms with Gasteiger partial charge in [0.15, 0.2) is 5.78 Å². The second kappa shape index (κ2) is 7.17. The highest BCUT2D eigenvalue weighted by molar-refractivity contribution is 5.93. The SMILES string of the molecule is C[C@]12CCC3=C4CCC(=O)C=C4CCC3C1CC[C@]2(CC#N)CCCC(=O)O. The summed E-state index contributed by atoms with van der Waals surface area (Å²) < 4.78 is 0. The van der Waals surface area contributed by atoms with Gasteiger partial charge >= 0.3 is 5.97 Å². The molecule has 0 saturated heterocycles. The second-order valence-electron chi connectivity index (χ2n) is 9.71. The second-order valence-corrected chi connectivity index (χ2v) is 9.71. The Morgan fingerprint density at radius 1 is 1.25 bits per heavy atom. The van der Waals surface area contributed by atoms with Crippen LogP contribution in [0.15, 0.2) is 22.8 Å². The Morgan fingerprint density at radius 3 is 2.82 bits per heavy atom. The molecule has 4 aliphatic rings. The number of nitrogens with zero attached hydrogens (tertiary/aromatic N) is 1. The van der Waals surface area contributed by atoms with E-state index in [0.717, 1.165) is 51.4 Å². The standard InChI is InChI=1S/C24H31NO3/c1-23-11-8-19-18-7-5-17(26)15-16(18)4-6-20(19)21(23)9-12-24(23,13-14-25)10-2-3-22(27)28/h15,20-21H,2-13H2,1H3,(H,27,28)/t20?,21?,23-,24-/m0/s1. The number of allylic oxidation sites excluding steroid dienone is 4. The van der Waals surface area contributed by atoms with E-state index < -0.39 is 5.97 Å². The summed E-state index contributed by atoms with van der Waals surface area (Å²) in [5, 5.41) is 18.7. The zero-order valence-electron chi connectivity index (χ0n) is 16.9. The highest BCUT2D eigenvalue weighted by Crippen LogP contribution is 2.69. The number of hydrogen-bond acceptors (Lipinski definition) is 3. The molecule has 0 amide bonds. The van der Waals surface area contributed by atoms with Gasteiger partial charge in [-0.2, -0.15) is 5.26 Å². The van der Waals surface area contributed by atoms with E-state index in [2.05, 4.69) is 13.0 Å². The molecule has 2 unspecified atom stereocenters. The molecule has 0 bridgehead atoms. The molecule has 1 N–H and O–H groups in total. The molecule has 4 rings (SSSR count). The van der Waals surface area contributed by atoms with E-state index in [9.17, 15) is 14.9 Å². The van der Waals surface area contributed by atoms with Gasteiger partial charge in [-0.3, -0.25) is 9.59 Å². The van der Waals surface area contributed by atoms with Crippen LogP contribution in [0.25, 0.3) is 0 Å². The first kappa shape index (κ1) is 19.4. The van der Waals surface area contributed by atoms with Crippen LogP contribution in [0.1, 0.15) is 84.0 Å². The maximum absolute atomic E-state index is 11.8. The average molecular weight is 382 g/mol. The van der Waals surface area contributed by atoms with Crippen LogP contribution < -0.4 is 0 Å². The van der Waals surface area contributed by atoms with Gasteiger partial charge in [0.25, 0.3) is 0 Å². The predicted octanol–water partition coefficient (Wildman–Crippen LogP) is 5.35. The van der Waals surface area contributed by atoms with E-state index in [-0.39, 0.29) is 23.0 Å². The van der Waals surface area contributed by atoms with Gasteiger partial charge in [0.2, 0.25) is 0 Å². The fourth-order valence-corrected chi connectivity index (χ4v) is 7.28. The van der Waals surface area contributed by atoms with Crippen LogP contribution in [0, 0.1) is 34.0 Å². The Labute approximate surface area is 167 Å². The lowest BCUT2D eigenvalue weighted by Gasteiger charge is -2.53. The Balaban J connectivity index is 1.63. The molecule has 0 aromatic carbocycles. The van der Waals surface area contributed by atoms with Gasteiger partial charge in [-0.15, -0.1) is 0 Å². The van der Waals surface area contributed by atoms with Crippen molar-refractivity contribution in [3.63, 3.8) is 0 Å². The van der Waals surface area contributed by atoms with Gasteiger partial charge in [0.05, 0.1) is 6.07 Å². The predicted molar refractivity (Wildman–Crippen MR) is 106 cm³/mol. The highest BCUT2D eigenvalue weighted by Gasteiger charge is 2.60. The van der Waals surface area contributed by atoms with E-state index in [1.807, 2.05) is 6.08 Å². The summed E-state index contributed by atoms with van der Waals surface area (Å²) in [6.07, 6.45) is 12.3. The number of hydrogen-bond donors (Lipinski definition) is 1. The zero-order chi connectivity index (χ0) is 19.9. The molecule has 2 saturated carbocycles. The van der Waals surface area contributed by atoms with Crippen molar-refractivity contribution in [1.82, 2.24) is 0 Å². The lowest BCUT2D eigenvalue weighted by molar-refractivity contribution is -0.137. The summed E-state index contributed by atoms with van der Waals surface area (Å²) in [4.78, 5) is 22.9. The maximum atomic E-state index is 11.8. The molecule has 4 atom stereocenters. The highest BCUT2D eigenvalue weighted by atomic mass is 16.4. The summed E-state index contributed by atoms with van der Waals surface area (Å²) >= 11 is 0. The number of ketones is 1. The summed E-state index contributed by atoms with van der Waals surface area (Å²) in [5.41, 5.74) is 4.50. The Morgan fingerprint density at radius 2 is 2.07 bits per heavy atom. The molecular formula is C24H31NO3. The van der Waals surface area contributed by atoms with Crippen LogP contribution in [-0.4, -0.2) is 16.9 Å². The van der Waals surface area contributed by atoms with Gasteiger partial charge < -0.3 is 5.11 Å². The van der Waals surface area contributed by atoms with E-state index in [1.54, 1.807) is 5.57 Å². The van der Waals surface area contributed by atoms with E-state index in [4.69, 9.17) is 5.11 Å². The summed E-state index contributed by atoms with van der Waals surface area (Å²) in [5.74, 6) is 0.743. The molecule has 0 spiro atoms. The number of nitriles is 1. The fraction of sp³-hybridized carbons (Fsp3) is 0.708. The van der Waals surface area contributed by atoms with Crippen LogP contribution in [0.3, 0.4) is 0 Å². The van der Waals surface area contributed by atoms with Crippen LogP contribution >= 0.6 is 0 Å². The number of carboxylic acid groups (broad SMARTS) is 1. The molecular weight excluding hydrogens is 350 g/mol. The average Bonchev–Trinajstić information content (AvgIpc) is 2.94. The molecule has 4 nitrogen and oxygen atoms in total. The Kier molecular flexibility index (Phi) is 4.98. The summed E-state index contributed by atoms with van der Waals surface area (Å²) in [6.45, 7) is 2.40. The molecule has 0 aromatic rings. The normalized spacial score (nSPS) is 36.9. The molecule has 0 heterocycles. The van der Waals surface area contributed by atoms with Gasteiger partial charge in [0, 0.05) is 19.3 Å². The number of rotatable bonds is 5. The minimum atomic E-state index is -0.735. The monoisotopic (exact) mass is 381 g/mol. The largest absolute Gasteiger partial charge is 0.481 e. The third-order valence-corrected chi connectivity index (χ3v) is 8.73.